The topological polar surface area (TPSA) is 58.4 Å². The molecular weight excluding hydrogens is 372 g/mol. The van der Waals surface area contributed by atoms with Gasteiger partial charge in [-0.1, -0.05) is 42.1 Å². The first-order valence-electron chi connectivity index (χ1n) is 9.86. The van der Waals surface area contributed by atoms with Crippen molar-refractivity contribution in [3.8, 4) is 0 Å². The first-order chi connectivity index (χ1) is 13.6. The van der Waals surface area contributed by atoms with Crippen LogP contribution in [0.15, 0.2) is 46.5 Å². The highest BCUT2D eigenvalue weighted by molar-refractivity contribution is 7.99. The van der Waals surface area contributed by atoms with Gasteiger partial charge in [0.15, 0.2) is 5.16 Å². The van der Waals surface area contributed by atoms with E-state index in [1.807, 2.05) is 11.0 Å². The highest BCUT2D eigenvalue weighted by atomic mass is 32.2. The zero-order chi connectivity index (χ0) is 19.5. The molecule has 1 aromatic heterocycles. The number of rotatable bonds is 4. The minimum absolute atomic E-state index is 0.0271. The number of amides is 1. The largest absolute Gasteiger partial charge is 0.340 e. The Kier molecular flexibility index (Phi) is 5.82. The molecule has 28 heavy (non-hydrogen) atoms. The Morgan fingerprint density at radius 1 is 1.18 bits per heavy atom. The molecule has 0 bridgehead atoms. The Morgan fingerprint density at radius 2 is 1.93 bits per heavy atom. The third kappa shape index (κ3) is 4.15. The lowest BCUT2D eigenvalue weighted by molar-refractivity contribution is -0.137. The van der Waals surface area contributed by atoms with Gasteiger partial charge in [0.1, 0.15) is 0 Å². The summed E-state index contributed by atoms with van der Waals surface area (Å²) in [6.45, 7) is 6.60. The summed E-state index contributed by atoms with van der Waals surface area (Å²) in [6.07, 6.45) is 2.66. The summed E-state index contributed by atoms with van der Waals surface area (Å²) in [6, 6.07) is 10.5. The third-order valence-electron chi connectivity index (χ3n) is 5.59. The van der Waals surface area contributed by atoms with Crippen LogP contribution in [0.5, 0.6) is 0 Å². The molecule has 1 saturated heterocycles. The van der Waals surface area contributed by atoms with Crippen molar-refractivity contribution in [1.82, 2.24) is 19.4 Å². The molecule has 2 aliphatic rings. The number of nitrogens with zero attached hydrogens (tertiary/aromatic N) is 4. The summed E-state index contributed by atoms with van der Waals surface area (Å²) in [7, 11) is 0. The second-order valence-corrected chi connectivity index (χ2v) is 8.54. The lowest BCUT2D eigenvalue weighted by Crippen LogP contribution is -2.52. The van der Waals surface area contributed by atoms with Crippen molar-refractivity contribution in [3.63, 3.8) is 0 Å². The van der Waals surface area contributed by atoms with Crippen molar-refractivity contribution in [3.05, 3.63) is 58.0 Å². The summed E-state index contributed by atoms with van der Waals surface area (Å²) >= 11 is 1.51. The zero-order valence-corrected chi connectivity index (χ0v) is 17.0. The molecule has 148 valence electrons. The van der Waals surface area contributed by atoms with E-state index < -0.39 is 0 Å². The third-order valence-corrected chi connectivity index (χ3v) is 6.74. The molecular formula is C21H26N4O2S. The average molecular weight is 399 g/mol. The van der Waals surface area contributed by atoms with Gasteiger partial charge in [0.2, 0.25) is 5.91 Å². The van der Waals surface area contributed by atoms with Crippen molar-refractivity contribution in [2.24, 2.45) is 5.92 Å². The van der Waals surface area contributed by atoms with Gasteiger partial charge in [-0.2, -0.15) is 0 Å². The smallest absolute Gasteiger partial charge is 0.257 e. The van der Waals surface area contributed by atoms with Crippen LogP contribution < -0.4 is 5.56 Å². The summed E-state index contributed by atoms with van der Waals surface area (Å²) in [5.41, 5.74) is 1.96. The van der Waals surface area contributed by atoms with E-state index in [-0.39, 0.29) is 17.4 Å². The summed E-state index contributed by atoms with van der Waals surface area (Å²) in [5.74, 6) is 0.728. The fourth-order valence-electron chi connectivity index (χ4n) is 3.83. The molecule has 2 aromatic rings. The molecule has 4 rings (SSSR count). The van der Waals surface area contributed by atoms with Gasteiger partial charge in [-0.25, -0.2) is 4.98 Å². The lowest BCUT2D eigenvalue weighted by Gasteiger charge is -2.37. The van der Waals surface area contributed by atoms with Gasteiger partial charge in [-0.05, 0) is 18.9 Å². The number of aromatic nitrogens is 2. The number of hydrogen-bond donors (Lipinski definition) is 0. The molecule has 2 aliphatic heterocycles. The number of carbonyl (C=O) groups is 1. The van der Waals surface area contributed by atoms with Crippen molar-refractivity contribution in [2.75, 3.05) is 38.5 Å². The molecule has 1 amide bonds. The van der Waals surface area contributed by atoms with Gasteiger partial charge >= 0.3 is 0 Å². The molecule has 1 atom stereocenters. The van der Waals surface area contributed by atoms with E-state index in [0.29, 0.717) is 17.9 Å². The van der Waals surface area contributed by atoms with E-state index in [4.69, 9.17) is 0 Å². The Morgan fingerprint density at radius 3 is 2.68 bits per heavy atom. The number of aryl methyl sites for hydroxylation is 1. The Labute approximate surface area is 169 Å². The maximum absolute atomic E-state index is 13.0. The minimum Gasteiger partial charge on any atom is -0.340 e. The molecule has 0 radical (unpaired) electrons. The number of hydrogen-bond acceptors (Lipinski definition) is 5. The highest BCUT2D eigenvalue weighted by Gasteiger charge is 2.31. The van der Waals surface area contributed by atoms with Crippen LogP contribution in [0.1, 0.15) is 11.1 Å². The Balaban J connectivity index is 1.31. The van der Waals surface area contributed by atoms with Gasteiger partial charge in [0, 0.05) is 56.8 Å². The number of fused-ring (bicyclic) bond motifs is 1. The van der Waals surface area contributed by atoms with Crippen LogP contribution in [0.25, 0.3) is 0 Å². The average Bonchev–Trinajstić information content (AvgIpc) is 2.75. The molecule has 0 aliphatic carbocycles. The van der Waals surface area contributed by atoms with Crippen LogP contribution in [0.4, 0.5) is 0 Å². The predicted octanol–water partition coefficient (Wildman–Crippen LogP) is 1.66. The molecule has 0 N–H and O–H groups in total. The van der Waals surface area contributed by atoms with Crippen molar-refractivity contribution < 1.29 is 4.79 Å². The summed E-state index contributed by atoms with van der Waals surface area (Å²) < 4.78 is 1.67. The molecule has 3 heterocycles. The number of carbonyl (C=O) groups excluding carboxylic acids is 1. The fourth-order valence-corrected chi connectivity index (χ4v) is 4.87. The maximum atomic E-state index is 13.0. The summed E-state index contributed by atoms with van der Waals surface area (Å²) in [4.78, 5) is 34.1. The van der Waals surface area contributed by atoms with E-state index in [1.165, 1.54) is 17.3 Å². The second kappa shape index (κ2) is 8.49. The van der Waals surface area contributed by atoms with Crippen molar-refractivity contribution in [2.45, 2.75) is 25.0 Å². The second-order valence-electron chi connectivity index (χ2n) is 7.55. The SMILES string of the molecule is Cc1cnc2n(c1=O)CC(C(=O)N1CCN(CCc3ccccc3)CC1)CS2. The Bertz CT molecular complexity index is 891. The molecule has 1 aromatic carbocycles. The van der Waals surface area contributed by atoms with Crippen molar-refractivity contribution in [1.29, 1.82) is 0 Å². The Hall–Kier alpha value is -2.12. The monoisotopic (exact) mass is 398 g/mol. The van der Waals surface area contributed by atoms with Crippen molar-refractivity contribution >= 4 is 17.7 Å². The van der Waals surface area contributed by atoms with Gasteiger partial charge in [0.25, 0.3) is 5.56 Å². The first-order valence-corrected chi connectivity index (χ1v) is 10.8. The summed E-state index contributed by atoms with van der Waals surface area (Å²) in [5, 5.41) is 0.727. The molecule has 0 spiro atoms. The molecule has 6 nitrogen and oxygen atoms in total. The first kappa shape index (κ1) is 19.2. The lowest BCUT2D eigenvalue weighted by atomic mass is 10.1. The van der Waals surface area contributed by atoms with E-state index in [0.717, 1.165) is 44.3 Å². The van der Waals surface area contributed by atoms with Crippen LogP contribution in [0.2, 0.25) is 0 Å². The van der Waals surface area contributed by atoms with E-state index >= 15 is 0 Å². The van der Waals surface area contributed by atoms with Crippen LogP contribution in [0, 0.1) is 12.8 Å². The molecule has 1 fully saturated rings. The van der Waals surface area contributed by atoms with Gasteiger partial charge in [-0.3, -0.25) is 19.1 Å². The maximum Gasteiger partial charge on any atom is 0.257 e. The molecule has 7 heteroatoms. The number of benzene rings is 1. The van der Waals surface area contributed by atoms with E-state index in [2.05, 4.69) is 34.1 Å². The van der Waals surface area contributed by atoms with Crippen LogP contribution in [-0.2, 0) is 17.8 Å². The highest BCUT2D eigenvalue weighted by Crippen LogP contribution is 2.26. The van der Waals surface area contributed by atoms with Gasteiger partial charge < -0.3 is 4.90 Å². The minimum atomic E-state index is -0.144. The normalized spacial score (nSPS) is 20.0. The van der Waals surface area contributed by atoms with Crippen LogP contribution in [0.3, 0.4) is 0 Å². The fraction of sp³-hybridized carbons (Fsp3) is 0.476. The predicted molar refractivity (Wildman–Crippen MR) is 111 cm³/mol. The zero-order valence-electron chi connectivity index (χ0n) is 16.2. The van der Waals surface area contributed by atoms with Crippen LogP contribution in [-0.4, -0.2) is 63.7 Å². The van der Waals surface area contributed by atoms with E-state index in [1.54, 1.807) is 17.7 Å². The molecule has 1 unspecified atom stereocenters. The number of thioether (sulfide) groups is 1. The van der Waals surface area contributed by atoms with Gasteiger partial charge in [0.05, 0.1) is 5.92 Å². The van der Waals surface area contributed by atoms with E-state index in [9.17, 15) is 9.59 Å². The van der Waals surface area contributed by atoms with Crippen LogP contribution >= 0.6 is 11.8 Å². The number of piperazine rings is 1. The quantitative estimate of drug-likeness (QED) is 0.733. The molecule has 0 saturated carbocycles. The standard InChI is InChI=1S/C21H26N4O2S/c1-16-13-22-21-25(19(16)26)14-18(15-28-21)20(27)24-11-9-23(10-12-24)8-7-17-5-3-2-4-6-17/h2-6,13,18H,7-12,14-15H2,1H3. The van der Waals surface area contributed by atoms with Gasteiger partial charge in [-0.15, -0.1) is 0 Å².